The van der Waals surface area contributed by atoms with Crippen molar-refractivity contribution in [1.29, 1.82) is 0 Å². The first kappa shape index (κ1) is 13.8. The second-order valence-corrected chi connectivity index (χ2v) is 6.08. The Hall–Kier alpha value is -1.20. The smallest absolute Gasteiger partial charge is 0.184 e. The summed E-state index contributed by atoms with van der Waals surface area (Å²) in [4.78, 5) is 2.07. The van der Waals surface area contributed by atoms with E-state index in [0.29, 0.717) is 10.8 Å². The number of hydrogen-bond acceptors (Lipinski definition) is 3. The number of halogens is 1. The normalized spacial score (nSPS) is 27.5. The van der Waals surface area contributed by atoms with Crippen molar-refractivity contribution in [3.63, 3.8) is 0 Å². The Balaban J connectivity index is 2.14. The highest BCUT2D eigenvalue weighted by molar-refractivity contribution is 7.80. The zero-order valence-electron chi connectivity index (χ0n) is 11.7. The second-order valence-electron chi connectivity index (χ2n) is 5.25. The van der Waals surface area contributed by atoms with Crippen molar-refractivity contribution in [1.82, 2.24) is 10.2 Å². The lowest BCUT2D eigenvalue weighted by Crippen LogP contribution is -2.64. The molecule has 4 nitrogen and oxygen atoms in total. The first-order valence-electron chi connectivity index (χ1n) is 6.63. The van der Waals surface area contributed by atoms with E-state index in [1.165, 1.54) is 0 Å². The van der Waals surface area contributed by atoms with E-state index < -0.39 is 5.72 Å². The van der Waals surface area contributed by atoms with Gasteiger partial charge < -0.3 is 19.7 Å². The molecule has 1 aromatic rings. The summed E-state index contributed by atoms with van der Waals surface area (Å²) < 4.78 is 11.7. The van der Waals surface area contributed by atoms with Crippen LogP contribution >= 0.6 is 23.8 Å². The quantitative estimate of drug-likeness (QED) is 0.849. The van der Waals surface area contributed by atoms with E-state index in [9.17, 15) is 0 Å². The minimum absolute atomic E-state index is 0.103. The number of thiocarbonyl (C=S) groups is 1. The summed E-state index contributed by atoms with van der Waals surface area (Å²) in [6.07, 6.45) is 0.817. The van der Waals surface area contributed by atoms with Crippen LogP contribution in [0.3, 0.4) is 0 Å². The third-order valence-electron chi connectivity index (χ3n) is 3.98. The molecule has 0 saturated carbocycles. The van der Waals surface area contributed by atoms with E-state index in [1.807, 2.05) is 6.07 Å². The van der Waals surface area contributed by atoms with Crippen molar-refractivity contribution in [3.8, 4) is 11.5 Å². The van der Waals surface area contributed by atoms with Crippen LogP contribution in [0.1, 0.15) is 31.9 Å². The Morgan fingerprint density at radius 2 is 2.35 bits per heavy atom. The highest BCUT2D eigenvalue weighted by Gasteiger charge is 2.47. The standard InChI is InChI=1S/C14H17ClN2O2S/c1-4-17-13(20)16-10-7-14(17,2)19-12-9(10)5-8(15)6-11(12)18-3/h5-6,10H,4,7H2,1-3H3,(H,16,20). The number of ether oxygens (including phenoxy) is 2. The van der Waals surface area contributed by atoms with Crippen molar-refractivity contribution >= 4 is 28.9 Å². The third kappa shape index (κ3) is 1.91. The molecule has 2 unspecified atom stereocenters. The molecule has 0 aliphatic carbocycles. The highest BCUT2D eigenvalue weighted by atomic mass is 35.5. The SMILES string of the molecule is CCN1C(=S)NC2CC1(C)Oc1c(OC)cc(Cl)cc12. The molecule has 108 valence electrons. The van der Waals surface area contributed by atoms with Crippen molar-refractivity contribution in [3.05, 3.63) is 22.7 Å². The summed E-state index contributed by atoms with van der Waals surface area (Å²) >= 11 is 11.6. The monoisotopic (exact) mass is 312 g/mol. The molecule has 2 heterocycles. The summed E-state index contributed by atoms with van der Waals surface area (Å²) in [5.74, 6) is 1.41. The molecular weight excluding hydrogens is 296 g/mol. The molecule has 1 aromatic carbocycles. The molecule has 2 aliphatic heterocycles. The van der Waals surface area contributed by atoms with E-state index >= 15 is 0 Å². The first-order valence-corrected chi connectivity index (χ1v) is 7.41. The van der Waals surface area contributed by atoms with Gasteiger partial charge >= 0.3 is 0 Å². The number of methoxy groups -OCH3 is 1. The second kappa shape index (κ2) is 4.67. The van der Waals surface area contributed by atoms with Gasteiger partial charge in [0, 0.05) is 29.6 Å². The Morgan fingerprint density at radius 1 is 1.60 bits per heavy atom. The Labute approximate surface area is 129 Å². The Kier molecular flexibility index (Phi) is 3.21. The average molecular weight is 313 g/mol. The summed E-state index contributed by atoms with van der Waals surface area (Å²) in [5, 5.41) is 4.73. The fourth-order valence-electron chi connectivity index (χ4n) is 3.07. The van der Waals surface area contributed by atoms with Crippen LogP contribution in [0, 0.1) is 0 Å². The number of fused-ring (bicyclic) bond motifs is 4. The predicted octanol–water partition coefficient (Wildman–Crippen LogP) is 3.10. The summed E-state index contributed by atoms with van der Waals surface area (Å²) in [5.41, 5.74) is 0.556. The van der Waals surface area contributed by atoms with E-state index in [2.05, 4.69) is 24.1 Å². The molecular formula is C14H17ClN2O2S. The summed E-state index contributed by atoms with van der Waals surface area (Å²) in [7, 11) is 1.62. The van der Waals surface area contributed by atoms with E-state index in [-0.39, 0.29) is 6.04 Å². The van der Waals surface area contributed by atoms with Crippen LogP contribution in [0.25, 0.3) is 0 Å². The molecule has 1 N–H and O–H groups in total. The van der Waals surface area contributed by atoms with E-state index in [4.69, 9.17) is 33.3 Å². The van der Waals surface area contributed by atoms with Crippen molar-refractivity contribution in [2.75, 3.05) is 13.7 Å². The molecule has 0 aromatic heterocycles. The predicted molar refractivity (Wildman–Crippen MR) is 82.5 cm³/mol. The van der Waals surface area contributed by atoms with Crippen molar-refractivity contribution in [2.24, 2.45) is 0 Å². The van der Waals surface area contributed by atoms with Gasteiger partial charge in [-0.1, -0.05) is 11.6 Å². The highest BCUT2D eigenvalue weighted by Crippen LogP contribution is 2.49. The molecule has 0 radical (unpaired) electrons. The van der Waals surface area contributed by atoms with Crippen LogP contribution in [-0.2, 0) is 0 Å². The van der Waals surface area contributed by atoms with Crippen LogP contribution in [0.2, 0.25) is 5.02 Å². The van der Waals surface area contributed by atoms with Gasteiger partial charge in [0.1, 0.15) is 0 Å². The molecule has 2 aliphatic rings. The number of hydrogen-bond donors (Lipinski definition) is 1. The summed E-state index contributed by atoms with van der Waals surface area (Å²) in [6.45, 7) is 4.92. The maximum Gasteiger partial charge on any atom is 0.184 e. The third-order valence-corrected chi connectivity index (χ3v) is 4.53. The van der Waals surface area contributed by atoms with Crippen LogP contribution in [0.15, 0.2) is 12.1 Å². The molecule has 20 heavy (non-hydrogen) atoms. The zero-order chi connectivity index (χ0) is 14.5. The molecule has 2 atom stereocenters. The van der Waals surface area contributed by atoms with Gasteiger partial charge in [-0.05, 0) is 32.1 Å². The maximum absolute atomic E-state index is 6.26. The minimum atomic E-state index is -0.449. The van der Waals surface area contributed by atoms with Crippen LogP contribution in [-0.4, -0.2) is 29.4 Å². The molecule has 2 bridgehead atoms. The topological polar surface area (TPSA) is 33.7 Å². The van der Waals surface area contributed by atoms with Gasteiger partial charge in [-0.15, -0.1) is 0 Å². The molecule has 3 rings (SSSR count). The van der Waals surface area contributed by atoms with Crippen LogP contribution in [0.5, 0.6) is 11.5 Å². The van der Waals surface area contributed by atoms with Crippen molar-refractivity contribution < 1.29 is 9.47 Å². The van der Waals surface area contributed by atoms with Gasteiger partial charge in [-0.2, -0.15) is 0 Å². The van der Waals surface area contributed by atoms with Gasteiger partial charge in [-0.25, -0.2) is 0 Å². The van der Waals surface area contributed by atoms with E-state index in [0.717, 1.165) is 29.4 Å². The minimum Gasteiger partial charge on any atom is -0.493 e. The van der Waals surface area contributed by atoms with Gasteiger partial charge in [0.05, 0.1) is 13.2 Å². The van der Waals surface area contributed by atoms with Crippen LogP contribution < -0.4 is 14.8 Å². The number of nitrogens with one attached hydrogen (secondary N) is 1. The van der Waals surface area contributed by atoms with Gasteiger partial charge in [0.2, 0.25) is 0 Å². The Bertz CT molecular complexity index is 581. The number of rotatable bonds is 2. The number of nitrogens with zero attached hydrogens (tertiary/aromatic N) is 1. The van der Waals surface area contributed by atoms with Crippen LogP contribution in [0.4, 0.5) is 0 Å². The lowest BCUT2D eigenvalue weighted by Gasteiger charge is -2.52. The lowest BCUT2D eigenvalue weighted by atomic mass is 9.90. The fraction of sp³-hybridized carbons (Fsp3) is 0.500. The molecule has 0 amide bonds. The molecule has 0 spiro atoms. The fourth-order valence-corrected chi connectivity index (χ4v) is 3.75. The van der Waals surface area contributed by atoms with Gasteiger partial charge in [0.15, 0.2) is 22.3 Å². The molecule has 6 heteroatoms. The first-order chi connectivity index (χ1) is 9.48. The zero-order valence-corrected chi connectivity index (χ0v) is 13.3. The van der Waals surface area contributed by atoms with Gasteiger partial charge in [0.25, 0.3) is 0 Å². The maximum atomic E-state index is 6.26. The molecule has 1 fully saturated rings. The van der Waals surface area contributed by atoms with E-state index in [1.54, 1.807) is 13.2 Å². The largest absolute Gasteiger partial charge is 0.493 e. The van der Waals surface area contributed by atoms with Crippen molar-refractivity contribution in [2.45, 2.75) is 32.0 Å². The Morgan fingerprint density at radius 3 is 3.00 bits per heavy atom. The van der Waals surface area contributed by atoms with Gasteiger partial charge in [-0.3, -0.25) is 0 Å². The lowest BCUT2D eigenvalue weighted by molar-refractivity contribution is -0.0673. The summed E-state index contributed by atoms with van der Waals surface area (Å²) in [6, 6.07) is 3.80. The molecule has 1 saturated heterocycles. The number of benzene rings is 1. The average Bonchev–Trinajstić information content (AvgIpc) is 2.38.